The normalized spacial score (nSPS) is 14.9. The first-order valence-electron chi connectivity index (χ1n) is 8.21. The molecule has 0 fully saturated rings. The molecule has 2 heterocycles. The van der Waals surface area contributed by atoms with Crippen LogP contribution in [0.1, 0.15) is 40.7 Å². The van der Waals surface area contributed by atoms with E-state index in [1.165, 1.54) is 6.20 Å². The van der Waals surface area contributed by atoms with Crippen LogP contribution in [0.15, 0.2) is 40.1 Å². The summed E-state index contributed by atoms with van der Waals surface area (Å²) in [4.78, 5) is 20.9. The van der Waals surface area contributed by atoms with Crippen LogP contribution in [0, 0.1) is 0 Å². The van der Waals surface area contributed by atoms with Crippen molar-refractivity contribution in [2.45, 2.75) is 26.2 Å². The topological polar surface area (TPSA) is 86.2 Å². The van der Waals surface area contributed by atoms with Gasteiger partial charge in [-0.2, -0.15) is 10.1 Å². The molecule has 0 bridgehead atoms. The molecule has 0 saturated carbocycles. The standard InChI is InChI=1S/C18H17N5O2/c1-3-16-21-17(22-25-16)12-4-6-14-11(8-12)5-7-15(14)20-18(24)13-9-19-23(2)10-13/h4,6,8-10H,3,5,7H2,1-2H3. The first-order valence-corrected chi connectivity index (χ1v) is 8.21. The Hall–Kier alpha value is -3.09. The van der Waals surface area contributed by atoms with Crippen molar-refractivity contribution in [2.24, 2.45) is 12.0 Å². The molecule has 0 atom stereocenters. The first kappa shape index (κ1) is 15.4. The van der Waals surface area contributed by atoms with Gasteiger partial charge in [-0.1, -0.05) is 24.2 Å². The largest absolute Gasteiger partial charge is 0.339 e. The van der Waals surface area contributed by atoms with Crippen LogP contribution in [-0.4, -0.2) is 31.5 Å². The maximum atomic E-state index is 12.3. The molecule has 7 heteroatoms. The van der Waals surface area contributed by atoms with Crippen LogP contribution < -0.4 is 0 Å². The van der Waals surface area contributed by atoms with Crippen LogP contribution in [-0.2, 0) is 19.9 Å². The van der Waals surface area contributed by atoms with E-state index in [2.05, 4.69) is 26.3 Å². The lowest BCUT2D eigenvalue weighted by molar-refractivity contribution is 0.100. The number of benzene rings is 1. The molecule has 4 rings (SSSR count). The Bertz CT molecular complexity index is 983. The molecule has 7 nitrogen and oxygen atoms in total. The first-order chi connectivity index (χ1) is 12.1. The fourth-order valence-electron chi connectivity index (χ4n) is 2.96. The molecule has 25 heavy (non-hydrogen) atoms. The molecule has 1 aliphatic carbocycles. The number of rotatable bonds is 3. The molecule has 0 saturated heterocycles. The molecule has 0 radical (unpaired) electrons. The Morgan fingerprint density at radius 2 is 2.24 bits per heavy atom. The van der Waals surface area contributed by atoms with Crippen molar-refractivity contribution in [3.8, 4) is 11.4 Å². The zero-order valence-electron chi connectivity index (χ0n) is 14.1. The third-order valence-electron chi connectivity index (χ3n) is 4.26. The van der Waals surface area contributed by atoms with E-state index in [1.807, 2.05) is 19.1 Å². The quantitative estimate of drug-likeness (QED) is 0.734. The summed E-state index contributed by atoms with van der Waals surface area (Å²) in [7, 11) is 1.78. The number of amides is 1. The van der Waals surface area contributed by atoms with E-state index in [9.17, 15) is 4.79 Å². The lowest BCUT2D eigenvalue weighted by Gasteiger charge is -2.02. The SMILES string of the molecule is CCc1nc(-c2ccc3c(c2)CCC3=NC(=O)c2cnn(C)c2)no1. The van der Waals surface area contributed by atoms with Gasteiger partial charge in [-0.05, 0) is 30.0 Å². The van der Waals surface area contributed by atoms with Gasteiger partial charge in [0.15, 0.2) is 0 Å². The molecular weight excluding hydrogens is 318 g/mol. The molecule has 0 aliphatic heterocycles. The number of aryl methyl sites for hydroxylation is 3. The number of fused-ring (bicyclic) bond motifs is 1. The van der Waals surface area contributed by atoms with E-state index in [-0.39, 0.29) is 5.91 Å². The Morgan fingerprint density at radius 1 is 1.36 bits per heavy atom. The maximum absolute atomic E-state index is 12.3. The van der Waals surface area contributed by atoms with E-state index < -0.39 is 0 Å². The van der Waals surface area contributed by atoms with Crippen LogP contribution in [0.25, 0.3) is 11.4 Å². The predicted molar refractivity (Wildman–Crippen MR) is 91.5 cm³/mol. The van der Waals surface area contributed by atoms with Crippen molar-refractivity contribution in [3.05, 3.63) is 53.2 Å². The van der Waals surface area contributed by atoms with Crippen molar-refractivity contribution in [1.82, 2.24) is 19.9 Å². The molecule has 2 aromatic heterocycles. The number of hydrogen-bond acceptors (Lipinski definition) is 5. The summed E-state index contributed by atoms with van der Waals surface area (Å²) in [5.41, 5.74) is 4.40. The van der Waals surface area contributed by atoms with E-state index in [1.54, 1.807) is 17.9 Å². The molecule has 0 unspecified atom stereocenters. The minimum Gasteiger partial charge on any atom is -0.339 e. The molecule has 126 valence electrons. The summed E-state index contributed by atoms with van der Waals surface area (Å²) < 4.78 is 6.77. The second kappa shape index (κ2) is 6.08. The highest BCUT2D eigenvalue weighted by atomic mass is 16.5. The van der Waals surface area contributed by atoms with Crippen LogP contribution in [0.2, 0.25) is 0 Å². The van der Waals surface area contributed by atoms with Crippen molar-refractivity contribution < 1.29 is 9.32 Å². The molecule has 1 amide bonds. The lowest BCUT2D eigenvalue weighted by Crippen LogP contribution is -2.02. The number of aliphatic imine (C=N–C) groups is 1. The van der Waals surface area contributed by atoms with E-state index in [4.69, 9.17) is 4.52 Å². The smallest absolute Gasteiger partial charge is 0.280 e. The highest BCUT2D eigenvalue weighted by Gasteiger charge is 2.21. The van der Waals surface area contributed by atoms with Gasteiger partial charge in [0.25, 0.3) is 5.91 Å². The van der Waals surface area contributed by atoms with Crippen LogP contribution in [0.5, 0.6) is 0 Å². The van der Waals surface area contributed by atoms with Crippen molar-refractivity contribution in [2.75, 3.05) is 0 Å². The van der Waals surface area contributed by atoms with Crippen molar-refractivity contribution >= 4 is 11.6 Å². The fraction of sp³-hybridized carbons (Fsp3) is 0.278. The van der Waals surface area contributed by atoms with Crippen LogP contribution in [0.3, 0.4) is 0 Å². The van der Waals surface area contributed by atoms with Gasteiger partial charge in [0.2, 0.25) is 11.7 Å². The highest BCUT2D eigenvalue weighted by Crippen LogP contribution is 2.27. The van der Waals surface area contributed by atoms with E-state index in [0.29, 0.717) is 23.7 Å². The molecule has 1 aromatic carbocycles. The monoisotopic (exact) mass is 335 g/mol. The molecule has 0 spiro atoms. The van der Waals surface area contributed by atoms with Crippen LogP contribution in [0.4, 0.5) is 0 Å². The van der Waals surface area contributed by atoms with Gasteiger partial charge in [-0.3, -0.25) is 9.48 Å². The van der Waals surface area contributed by atoms with Crippen LogP contribution >= 0.6 is 0 Å². The summed E-state index contributed by atoms with van der Waals surface area (Å²) in [6.45, 7) is 1.97. The van der Waals surface area contributed by atoms with E-state index in [0.717, 1.165) is 35.2 Å². The summed E-state index contributed by atoms with van der Waals surface area (Å²) in [6.07, 6.45) is 5.52. The molecule has 3 aromatic rings. The third kappa shape index (κ3) is 2.88. The number of hydrogen-bond donors (Lipinski definition) is 0. The average molecular weight is 335 g/mol. The second-order valence-electron chi connectivity index (χ2n) is 6.00. The van der Waals surface area contributed by atoms with Gasteiger partial charge >= 0.3 is 0 Å². The van der Waals surface area contributed by atoms with E-state index >= 15 is 0 Å². The summed E-state index contributed by atoms with van der Waals surface area (Å²) in [5, 5.41) is 8.03. The van der Waals surface area contributed by atoms with Gasteiger partial charge in [0.1, 0.15) is 0 Å². The van der Waals surface area contributed by atoms with Gasteiger partial charge < -0.3 is 4.52 Å². The summed E-state index contributed by atoms with van der Waals surface area (Å²) >= 11 is 0. The molecular formula is C18H17N5O2. The van der Waals surface area contributed by atoms with Gasteiger partial charge in [-0.25, -0.2) is 4.99 Å². The minimum atomic E-state index is -0.259. The van der Waals surface area contributed by atoms with Crippen molar-refractivity contribution in [1.29, 1.82) is 0 Å². The maximum Gasteiger partial charge on any atom is 0.280 e. The number of carbonyl (C=O) groups excluding carboxylic acids is 1. The Kier molecular flexibility index (Phi) is 3.76. The zero-order chi connectivity index (χ0) is 17.4. The molecule has 0 N–H and O–H groups in total. The summed E-state index contributed by atoms with van der Waals surface area (Å²) in [5.74, 6) is 0.960. The Labute approximate surface area is 144 Å². The second-order valence-corrected chi connectivity index (χ2v) is 6.00. The number of carbonyl (C=O) groups is 1. The van der Waals surface area contributed by atoms with Crippen molar-refractivity contribution in [3.63, 3.8) is 0 Å². The fourth-order valence-corrected chi connectivity index (χ4v) is 2.96. The minimum absolute atomic E-state index is 0.259. The Balaban J connectivity index is 1.62. The number of nitrogens with zero attached hydrogens (tertiary/aromatic N) is 5. The predicted octanol–water partition coefficient (Wildman–Crippen LogP) is 2.61. The Morgan fingerprint density at radius 3 is 2.96 bits per heavy atom. The summed E-state index contributed by atoms with van der Waals surface area (Å²) in [6, 6.07) is 5.98. The molecule has 1 aliphatic rings. The lowest BCUT2D eigenvalue weighted by atomic mass is 10.1. The number of aromatic nitrogens is 4. The van der Waals surface area contributed by atoms with Gasteiger partial charge in [0, 0.05) is 25.2 Å². The third-order valence-corrected chi connectivity index (χ3v) is 4.26. The van der Waals surface area contributed by atoms with Gasteiger partial charge in [-0.15, -0.1) is 0 Å². The van der Waals surface area contributed by atoms with Gasteiger partial charge in [0.05, 0.1) is 17.5 Å². The zero-order valence-corrected chi connectivity index (χ0v) is 14.1. The average Bonchev–Trinajstić information content (AvgIpc) is 3.34. The highest BCUT2D eigenvalue weighted by molar-refractivity contribution is 6.12.